The van der Waals surface area contributed by atoms with E-state index in [1.807, 2.05) is 0 Å². The van der Waals surface area contributed by atoms with Gasteiger partial charge in [0.05, 0.1) is 17.2 Å². The second kappa shape index (κ2) is 12.6. The number of halogens is 7. The van der Waals surface area contributed by atoms with E-state index in [-0.39, 0.29) is 31.0 Å². The van der Waals surface area contributed by atoms with Gasteiger partial charge in [-0.25, -0.2) is 14.0 Å². The Morgan fingerprint density at radius 1 is 0.976 bits per heavy atom. The molecule has 0 aromatic heterocycles. The Balaban J connectivity index is 1.57. The van der Waals surface area contributed by atoms with Crippen LogP contribution in [0.2, 0.25) is 0 Å². The first-order valence-corrected chi connectivity index (χ1v) is 14.4. The Bertz CT molecular complexity index is 1270. The highest BCUT2D eigenvalue weighted by atomic mass is 32.2. The number of benzene rings is 2. The van der Waals surface area contributed by atoms with Crippen LogP contribution >= 0.6 is 11.8 Å². The normalized spacial score (nSPS) is 19.9. The molecule has 0 unspecified atom stereocenters. The van der Waals surface area contributed by atoms with Crippen molar-refractivity contribution in [3.8, 4) is 0 Å². The van der Waals surface area contributed by atoms with Gasteiger partial charge in [-0.05, 0) is 53.9 Å². The average Bonchev–Trinajstić information content (AvgIpc) is 2.92. The molecule has 0 N–H and O–H groups in total. The minimum atomic E-state index is -5.02. The molecule has 0 saturated carbocycles. The molecule has 0 bridgehead atoms. The van der Waals surface area contributed by atoms with Gasteiger partial charge in [0.25, 0.3) is 0 Å². The molecule has 2 atom stereocenters. The number of aryl methyl sites for hydroxylation is 1. The molecule has 4 rings (SSSR count). The summed E-state index contributed by atoms with van der Waals surface area (Å²) in [5, 5.41) is 0. The summed E-state index contributed by atoms with van der Waals surface area (Å²) < 4.78 is 99.8. The number of amides is 3. The molecule has 0 radical (unpaired) electrons. The van der Waals surface area contributed by atoms with E-state index in [0.717, 1.165) is 16.4 Å². The van der Waals surface area contributed by atoms with Gasteiger partial charge in [-0.15, -0.1) is 0 Å². The quantitative estimate of drug-likeness (QED) is 0.342. The molecule has 2 aliphatic heterocycles. The monoisotopic (exact) mass is 621 g/mol. The van der Waals surface area contributed by atoms with E-state index in [1.54, 1.807) is 23.6 Å². The third kappa shape index (κ3) is 7.61. The molecule has 2 fully saturated rings. The number of rotatable bonds is 4. The standard InChI is InChI=1S/C28H30F7N3O3S/c1-17-11-21(29)3-4-23(17)24-15-22(41-26(40)37-7-9-42-10-8-37)5-6-38(24)25(39)36(2)16-18-12-19(27(30,31)32)14-20(13-18)28(33,34)35/h3-4,11-14,22,24H,5-10,15-16H2,1-2H3/t22-,24+/m0/s1. The van der Waals surface area contributed by atoms with Gasteiger partial charge >= 0.3 is 24.5 Å². The molecule has 0 spiro atoms. The first-order chi connectivity index (χ1) is 19.6. The number of nitrogens with zero attached hydrogens (tertiary/aromatic N) is 3. The van der Waals surface area contributed by atoms with Gasteiger partial charge in [-0.3, -0.25) is 0 Å². The summed E-state index contributed by atoms with van der Waals surface area (Å²) in [7, 11) is 1.28. The van der Waals surface area contributed by atoms with Crippen LogP contribution in [0.5, 0.6) is 0 Å². The van der Waals surface area contributed by atoms with Crippen LogP contribution in [0.4, 0.5) is 40.3 Å². The second-order valence-electron chi connectivity index (χ2n) is 10.4. The van der Waals surface area contributed by atoms with Crippen LogP contribution in [0.25, 0.3) is 0 Å². The van der Waals surface area contributed by atoms with Crippen molar-refractivity contribution < 1.29 is 45.1 Å². The van der Waals surface area contributed by atoms with Crippen LogP contribution in [0.15, 0.2) is 36.4 Å². The minimum absolute atomic E-state index is 0.0352. The lowest BCUT2D eigenvalue weighted by atomic mass is 9.90. The van der Waals surface area contributed by atoms with E-state index in [9.17, 15) is 40.3 Å². The maximum Gasteiger partial charge on any atom is 0.416 e. The molecular formula is C28H30F7N3O3S. The molecule has 6 nitrogen and oxygen atoms in total. The van der Waals surface area contributed by atoms with Crippen LogP contribution in [0.3, 0.4) is 0 Å². The lowest BCUT2D eigenvalue weighted by molar-refractivity contribution is -0.143. The minimum Gasteiger partial charge on any atom is -0.446 e. The number of ether oxygens (including phenoxy) is 1. The van der Waals surface area contributed by atoms with Crippen molar-refractivity contribution in [1.82, 2.24) is 14.7 Å². The van der Waals surface area contributed by atoms with Gasteiger partial charge < -0.3 is 19.4 Å². The third-order valence-electron chi connectivity index (χ3n) is 7.32. The highest BCUT2D eigenvalue weighted by molar-refractivity contribution is 7.99. The summed E-state index contributed by atoms with van der Waals surface area (Å²) in [6, 6.07) is 3.93. The highest BCUT2D eigenvalue weighted by Gasteiger charge is 2.39. The number of carbonyl (C=O) groups is 2. The van der Waals surface area contributed by atoms with Gasteiger partial charge in [0.1, 0.15) is 11.9 Å². The average molecular weight is 622 g/mol. The second-order valence-corrected chi connectivity index (χ2v) is 11.6. The van der Waals surface area contributed by atoms with Gasteiger partial charge in [0, 0.05) is 57.6 Å². The SMILES string of the molecule is Cc1cc(F)ccc1[C@H]1C[C@@H](OC(=O)N2CCSCC2)CCN1C(=O)N(C)Cc1cc(C(F)(F)F)cc(C(F)(F)F)c1. The van der Waals surface area contributed by atoms with Crippen molar-refractivity contribution in [3.63, 3.8) is 0 Å². The summed E-state index contributed by atoms with van der Waals surface area (Å²) in [4.78, 5) is 30.4. The van der Waals surface area contributed by atoms with Crippen LogP contribution in [-0.2, 0) is 23.6 Å². The van der Waals surface area contributed by atoms with E-state index in [0.29, 0.717) is 36.3 Å². The molecule has 2 aromatic carbocycles. The number of thioether (sulfide) groups is 1. The number of piperidine rings is 1. The first-order valence-electron chi connectivity index (χ1n) is 13.2. The first kappa shape index (κ1) is 31.8. The van der Waals surface area contributed by atoms with Crippen molar-refractivity contribution in [2.75, 3.05) is 38.2 Å². The van der Waals surface area contributed by atoms with Gasteiger partial charge in [-0.2, -0.15) is 38.1 Å². The zero-order chi connectivity index (χ0) is 30.8. The van der Waals surface area contributed by atoms with E-state index >= 15 is 0 Å². The number of alkyl halides is 6. The predicted molar refractivity (Wildman–Crippen MR) is 142 cm³/mol. The maximum atomic E-state index is 13.9. The van der Waals surface area contributed by atoms with Crippen LogP contribution in [0, 0.1) is 12.7 Å². The molecule has 230 valence electrons. The van der Waals surface area contributed by atoms with Crippen molar-refractivity contribution >= 4 is 23.9 Å². The number of urea groups is 1. The molecular weight excluding hydrogens is 591 g/mol. The van der Waals surface area contributed by atoms with Crippen LogP contribution < -0.4 is 0 Å². The Hall–Kier alpha value is -3.16. The van der Waals surface area contributed by atoms with Crippen molar-refractivity contribution in [1.29, 1.82) is 0 Å². The Labute approximate surface area is 242 Å². The largest absolute Gasteiger partial charge is 0.446 e. The van der Waals surface area contributed by atoms with E-state index < -0.39 is 60.1 Å². The topological polar surface area (TPSA) is 53.1 Å². The number of likely N-dealkylation sites (tertiary alicyclic amines) is 1. The van der Waals surface area contributed by atoms with Crippen LogP contribution in [-0.4, -0.2) is 71.1 Å². The molecule has 3 amide bonds. The molecule has 0 aliphatic carbocycles. The van der Waals surface area contributed by atoms with Gasteiger partial charge in [0.2, 0.25) is 0 Å². The van der Waals surface area contributed by atoms with Gasteiger partial charge in [0.15, 0.2) is 0 Å². The molecule has 2 saturated heterocycles. The summed E-state index contributed by atoms with van der Waals surface area (Å²) in [5.41, 5.74) is -2.16. The smallest absolute Gasteiger partial charge is 0.416 e. The number of carbonyl (C=O) groups excluding carboxylic acids is 2. The van der Waals surface area contributed by atoms with Crippen LogP contribution in [0.1, 0.15) is 46.7 Å². The lowest BCUT2D eigenvalue weighted by Crippen LogP contribution is -2.49. The Kier molecular flexibility index (Phi) is 9.53. The molecule has 2 aliphatic rings. The Morgan fingerprint density at radius 2 is 1.60 bits per heavy atom. The Morgan fingerprint density at radius 3 is 2.17 bits per heavy atom. The molecule has 42 heavy (non-hydrogen) atoms. The number of hydrogen-bond donors (Lipinski definition) is 0. The fraction of sp³-hybridized carbons (Fsp3) is 0.500. The zero-order valence-corrected chi connectivity index (χ0v) is 23.7. The van der Waals surface area contributed by atoms with Crippen molar-refractivity contribution in [2.24, 2.45) is 0 Å². The summed E-state index contributed by atoms with van der Waals surface area (Å²) in [6.45, 7) is 2.33. The molecule has 14 heteroatoms. The van der Waals surface area contributed by atoms with E-state index in [1.165, 1.54) is 30.1 Å². The third-order valence-corrected chi connectivity index (χ3v) is 8.26. The summed E-state index contributed by atoms with van der Waals surface area (Å²) in [5.74, 6) is 1.10. The predicted octanol–water partition coefficient (Wildman–Crippen LogP) is 7.11. The van der Waals surface area contributed by atoms with Gasteiger partial charge in [-0.1, -0.05) is 6.07 Å². The molecule has 2 heterocycles. The maximum absolute atomic E-state index is 13.9. The fourth-order valence-electron chi connectivity index (χ4n) is 5.21. The van der Waals surface area contributed by atoms with E-state index in [4.69, 9.17) is 4.74 Å². The highest BCUT2D eigenvalue weighted by Crippen LogP contribution is 2.38. The van der Waals surface area contributed by atoms with E-state index in [2.05, 4.69) is 0 Å². The fourth-order valence-corrected chi connectivity index (χ4v) is 6.11. The lowest BCUT2D eigenvalue weighted by Gasteiger charge is -2.42. The zero-order valence-electron chi connectivity index (χ0n) is 22.9. The summed E-state index contributed by atoms with van der Waals surface area (Å²) >= 11 is 1.73. The van der Waals surface area contributed by atoms with Crippen molar-refractivity contribution in [3.05, 3.63) is 70.0 Å². The van der Waals surface area contributed by atoms with Crippen molar-refractivity contribution in [2.45, 2.75) is 50.8 Å². The number of hydrogen-bond acceptors (Lipinski definition) is 4. The molecule has 2 aromatic rings. The summed E-state index contributed by atoms with van der Waals surface area (Å²) in [6.07, 6.45) is -10.6.